The Bertz CT molecular complexity index is 1330. The number of halogens is 1. The molecular weight excluding hydrogens is 444 g/mol. The fourth-order valence-corrected chi connectivity index (χ4v) is 3.18. The summed E-state index contributed by atoms with van der Waals surface area (Å²) in [6.45, 7) is 0. The third-order valence-electron chi connectivity index (χ3n) is 4.16. The first-order valence-corrected chi connectivity index (χ1v) is 9.01. The normalized spacial score (nSPS) is 10.8. The number of anilines is 1. The molecule has 144 valence electrons. The molecule has 0 spiro atoms. The summed E-state index contributed by atoms with van der Waals surface area (Å²) in [4.78, 5) is 41.8. The fraction of sp³-hybridized carbons (Fsp3) is 0. The highest BCUT2D eigenvalue weighted by molar-refractivity contribution is 9.10. The lowest BCUT2D eigenvalue weighted by atomic mass is 10.1. The van der Waals surface area contributed by atoms with Gasteiger partial charge in [-0.3, -0.25) is 19.7 Å². The van der Waals surface area contributed by atoms with Crippen LogP contribution in [0.15, 0.2) is 64.3 Å². The maximum atomic E-state index is 12.7. The van der Waals surface area contributed by atoms with Gasteiger partial charge in [0.2, 0.25) is 0 Å². The lowest BCUT2D eigenvalue weighted by Gasteiger charge is -2.11. The molecule has 0 aliphatic heterocycles. The Kier molecular flexibility index (Phi) is 4.64. The average molecular weight is 455 g/mol. The van der Waals surface area contributed by atoms with Gasteiger partial charge >= 0.3 is 0 Å². The number of rotatable bonds is 4. The summed E-state index contributed by atoms with van der Waals surface area (Å²) in [5.41, 5.74) is 0.789. The molecule has 0 fully saturated rings. The number of aromatic nitrogens is 4. The molecule has 0 bridgehead atoms. The molecule has 4 rings (SSSR count). The highest BCUT2D eigenvalue weighted by atomic mass is 79.9. The predicted molar refractivity (Wildman–Crippen MR) is 108 cm³/mol. The Morgan fingerprint density at radius 2 is 2.03 bits per heavy atom. The van der Waals surface area contributed by atoms with Crippen LogP contribution in [0.3, 0.4) is 0 Å². The Hall–Kier alpha value is -3.86. The fourth-order valence-electron chi connectivity index (χ4n) is 2.78. The molecule has 2 N–H and O–H groups in total. The van der Waals surface area contributed by atoms with Gasteiger partial charge in [-0.2, -0.15) is 5.10 Å². The second kappa shape index (κ2) is 7.28. The average Bonchev–Trinajstić information content (AvgIpc) is 3.14. The van der Waals surface area contributed by atoms with E-state index in [-0.39, 0.29) is 21.3 Å². The van der Waals surface area contributed by atoms with Crippen molar-refractivity contribution < 1.29 is 9.72 Å². The third kappa shape index (κ3) is 3.38. The summed E-state index contributed by atoms with van der Waals surface area (Å²) in [7, 11) is 0. The molecule has 0 radical (unpaired) electrons. The maximum absolute atomic E-state index is 12.7. The van der Waals surface area contributed by atoms with Crippen LogP contribution >= 0.6 is 15.9 Å². The number of nitro benzene ring substituents is 1. The van der Waals surface area contributed by atoms with E-state index in [0.29, 0.717) is 22.4 Å². The Morgan fingerprint density at radius 1 is 1.24 bits per heavy atom. The van der Waals surface area contributed by atoms with Crippen molar-refractivity contribution in [3.05, 3.63) is 85.5 Å². The number of hydrogen-bond donors (Lipinski definition) is 2. The van der Waals surface area contributed by atoms with Gasteiger partial charge < -0.3 is 10.3 Å². The summed E-state index contributed by atoms with van der Waals surface area (Å²) in [5.74, 6) is -0.532. The van der Waals surface area contributed by atoms with Crippen molar-refractivity contribution in [2.45, 2.75) is 0 Å². The standard InChI is InChI=1S/C18H11BrN6O4/c19-12-6-5-10(7-15(12)25(28)29)17(26)23-13-3-1-2-4-14(13)24-16-11(8-22-24)18(27)21-9-20-16/h1-9H,(H,23,26)(H,20,21,27). The van der Waals surface area contributed by atoms with E-state index in [2.05, 4.69) is 36.3 Å². The van der Waals surface area contributed by atoms with Gasteiger partial charge in [-0.05, 0) is 40.2 Å². The first kappa shape index (κ1) is 18.5. The Morgan fingerprint density at radius 3 is 2.83 bits per heavy atom. The molecule has 29 heavy (non-hydrogen) atoms. The van der Waals surface area contributed by atoms with Crippen molar-refractivity contribution in [1.82, 2.24) is 19.7 Å². The smallest absolute Gasteiger partial charge is 0.284 e. The molecule has 1 amide bonds. The first-order valence-electron chi connectivity index (χ1n) is 8.22. The van der Waals surface area contributed by atoms with E-state index >= 15 is 0 Å². The lowest BCUT2D eigenvalue weighted by Crippen LogP contribution is -2.15. The largest absolute Gasteiger partial charge is 0.320 e. The number of nitrogens with one attached hydrogen (secondary N) is 2. The molecular formula is C18H11BrN6O4. The molecule has 0 aliphatic carbocycles. The molecule has 0 atom stereocenters. The van der Waals surface area contributed by atoms with Crippen LogP contribution < -0.4 is 10.9 Å². The monoisotopic (exact) mass is 454 g/mol. The van der Waals surface area contributed by atoms with E-state index in [9.17, 15) is 19.7 Å². The second-order valence-electron chi connectivity index (χ2n) is 5.92. The Balaban J connectivity index is 1.74. The molecule has 0 unspecified atom stereocenters. The molecule has 0 saturated carbocycles. The van der Waals surface area contributed by atoms with Gasteiger partial charge in [0.05, 0.1) is 33.3 Å². The first-order chi connectivity index (χ1) is 14.0. The number of fused-ring (bicyclic) bond motifs is 1. The topological polar surface area (TPSA) is 136 Å². The van der Waals surface area contributed by atoms with Gasteiger partial charge in [0.1, 0.15) is 5.39 Å². The molecule has 2 heterocycles. The molecule has 2 aromatic heterocycles. The van der Waals surface area contributed by atoms with E-state index in [1.54, 1.807) is 24.3 Å². The number of amides is 1. The number of nitrogens with zero attached hydrogens (tertiary/aromatic N) is 4. The van der Waals surface area contributed by atoms with Gasteiger partial charge in [0, 0.05) is 11.6 Å². The minimum atomic E-state index is -0.576. The molecule has 11 heteroatoms. The molecule has 2 aromatic carbocycles. The summed E-state index contributed by atoms with van der Waals surface area (Å²) in [5, 5.41) is 18.3. The van der Waals surface area contributed by atoms with Crippen molar-refractivity contribution in [1.29, 1.82) is 0 Å². The van der Waals surface area contributed by atoms with E-state index in [4.69, 9.17) is 0 Å². The second-order valence-corrected chi connectivity index (χ2v) is 6.77. The molecule has 10 nitrogen and oxygen atoms in total. The van der Waals surface area contributed by atoms with Crippen molar-refractivity contribution in [3.63, 3.8) is 0 Å². The number of nitro groups is 1. The molecule has 0 saturated heterocycles. The van der Waals surface area contributed by atoms with Crippen LogP contribution in [0, 0.1) is 10.1 Å². The van der Waals surface area contributed by atoms with Crippen LogP contribution in [0.2, 0.25) is 0 Å². The van der Waals surface area contributed by atoms with Gasteiger partial charge in [-0.15, -0.1) is 0 Å². The lowest BCUT2D eigenvalue weighted by molar-refractivity contribution is -0.385. The number of benzene rings is 2. The quantitative estimate of drug-likeness (QED) is 0.359. The number of H-pyrrole nitrogens is 1. The number of aromatic amines is 1. The van der Waals surface area contributed by atoms with Crippen LogP contribution in [-0.4, -0.2) is 30.6 Å². The zero-order valence-corrected chi connectivity index (χ0v) is 16.1. The van der Waals surface area contributed by atoms with E-state index in [1.807, 2.05) is 0 Å². The minimum Gasteiger partial charge on any atom is -0.320 e. The highest BCUT2D eigenvalue weighted by Crippen LogP contribution is 2.27. The van der Waals surface area contributed by atoms with Crippen molar-refractivity contribution in [2.75, 3.05) is 5.32 Å². The molecule has 0 aliphatic rings. The number of carbonyl (C=O) groups excluding carboxylic acids is 1. The maximum Gasteiger partial charge on any atom is 0.284 e. The zero-order valence-electron chi connectivity index (χ0n) is 14.5. The van der Waals surface area contributed by atoms with Crippen LogP contribution in [-0.2, 0) is 0 Å². The Labute approximate surface area is 170 Å². The number of carbonyl (C=O) groups is 1. The van der Waals surface area contributed by atoms with Gasteiger partial charge in [-0.1, -0.05) is 12.1 Å². The summed E-state index contributed by atoms with van der Waals surface area (Å²) in [6.07, 6.45) is 2.66. The third-order valence-corrected chi connectivity index (χ3v) is 4.83. The van der Waals surface area contributed by atoms with Crippen LogP contribution in [0.4, 0.5) is 11.4 Å². The summed E-state index contributed by atoms with van der Waals surface area (Å²) >= 11 is 3.09. The molecule has 4 aromatic rings. The highest BCUT2D eigenvalue weighted by Gasteiger charge is 2.18. The van der Waals surface area contributed by atoms with E-state index < -0.39 is 10.8 Å². The predicted octanol–water partition coefficient (Wildman–Crippen LogP) is 3.03. The van der Waals surface area contributed by atoms with Gasteiger partial charge in [0.15, 0.2) is 5.65 Å². The number of hydrogen-bond acceptors (Lipinski definition) is 6. The van der Waals surface area contributed by atoms with Crippen LogP contribution in [0.5, 0.6) is 0 Å². The van der Waals surface area contributed by atoms with Gasteiger partial charge in [0.25, 0.3) is 17.2 Å². The number of para-hydroxylation sites is 2. The van der Waals surface area contributed by atoms with Crippen LogP contribution in [0.1, 0.15) is 10.4 Å². The summed E-state index contributed by atoms with van der Waals surface area (Å²) < 4.78 is 1.71. The zero-order chi connectivity index (χ0) is 20.5. The SMILES string of the molecule is O=C(Nc1ccccc1-n1ncc2c(=O)[nH]cnc21)c1ccc(Br)c([N+](=O)[O-])c1. The van der Waals surface area contributed by atoms with Crippen LogP contribution in [0.25, 0.3) is 16.7 Å². The van der Waals surface area contributed by atoms with Crippen molar-refractivity contribution in [2.24, 2.45) is 0 Å². The van der Waals surface area contributed by atoms with Crippen molar-refractivity contribution in [3.8, 4) is 5.69 Å². The minimum absolute atomic E-state index is 0.120. The van der Waals surface area contributed by atoms with Crippen molar-refractivity contribution >= 4 is 44.2 Å². The van der Waals surface area contributed by atoms with E-state index in [0.717, 1.165) is 0 Å². The van der Waals surface area contributed by atoms with E-state index in [1.165, 1.54) is 35.4 Å². The summed E-state index contributed by atoms with van der Waals surface area (Å²) in [6, 6.07) is 10.9. The van der Waals surface area contributed by atoms with Gasteiger partial charge in [-0.25, -0.2) is 9.67 Å².